The molecule has 0 atom stereocenters. The number of hydrogen-bond donors (Lipinski definition) is 1. The zero-order valence-corrected chi connectivity index (χ0v) is 9.67. The minimum absolute atomic E-state index is 0.00551. The third-order valence-electron chi connectivity index (χ3n) is 1.63. The molecule has 0 aliphatic rings. The first-order valence-electron chi connectivity index (χ1n) is 3.76. The molecule has 1 aromatic heterocycles. The zero-order chi connectivity index (χ0) is 11.6. The van der Waals surface area contributed by atoms with Crippen LogP contribution in [0.2, 0.25) is 0 Å². The molecule has 0 unspecified atom stereocenters. The summed E-state index contributed by atoms with van der Waals surface area (Å²) in [7, 11) is 1.11. The van der Waals surface area contributed by atoms with E-state index in [2.05, 4.69) is 4.74 Å². The van der Waals surface area contributed by atoms with Crippen molar-refractivity contribution in [2.45, 2.75) is 6.43 Å². The van der Waals surface area contributed by atoms with Gasteiger partial charge in [-0.1, -0.05) is 0 Å². The normalized spacial score (nSPS) is 10.5. The van der Waals surface area contributed by atoms with Gasteiger partial charge in [0.05, 0.1) is 21.9 Å². The van der Waals surface area contributed by atoms with E-state index in [1.54, 1.807) is 22.6 Å². The largest absolute Gasteiger partial charge is 0.465 e. The summed E-state index contributed by atoms with van der Waals surface area (Å²) >= 11 is 1.56. The fourth-order valence-corrected chi connectivity index (χ4v) is 1.72. The lowest BCUT2D eigenvalue weighted by Crippen LogP contribution is -2.16. The predicted octanol–water partition coefficient (Wildman–Crippen LogP) is 1.70. The Morgan fingerprint density at radius 2 is 2.20 bits per heavy atom. The molecule has 0 aliphatic carbocycles. The van der Waals surface area contributed by atoms with E-state index < -0.39 is 23.6 Å². The molecule has 82 valence electrons. The van der Waals surface area contributed by atoms with Crippen molar-refractivity contribution in [3.8, 4) is 0 Å². The zero-order valence-electron chi connectivity index (χ0n) is 7.51. The van der Waals surface area contributed by atoms with E-state index in [-0.39, 0.29) is 9.13 Å². The molecule has 0 spiro atoms. The molecular weight excluding hydrogens is 323 g/mol. The topological polar surface area (TPSA) is 59.2 Å². The smallest absolute Gasteiger partial charge is 0.339 e. The van der Waals surface area contributed by atoms with Crippen LogP contribution in [-0.4, -0.2) is 18.1 Å². The number of alkyl halides is 2. The second-order valence-electron chi connectivity index (χ2n) is 2.57. The Morgan fingerprint density at radius 1 is 1.60 bits per heavy atom. The van der Waals surface area contributed by atoms with Crippen LogP contribution >= 0.6 is 22.6 Å². The quantitative estimate of drug-likeness (QED) is 0.664. The van der Waals surface area contributed by atoms with Crippen LogP contribution in [0.3, 0.4) is 0 Å². The van der Waals surface area contributed by atoms with Crippen LogP contribution < -0.4 is 5.56 Å². The molecule has 0 saturated heterocycles. The number of H-pyrrole nitrogens is 1. The number of aromatic nitrogens is 1. The SMILES string of the molecule is COC(=O)c1cc(=O)[nH]c(C(F)F)c1I. The number of pyridine rings is 1. The summed E-state index contributed by atoms with van der Waals surface area (Å²) in [6.45, 7) is 0. The molecule has 0 fully saturated rings. The molecule has 0 amide bonds. The summed E-state index contributed by atoms with van der Waals surface area (Å²) < 4.78 is 29.2. The minimum atomic E-state index is -2.84. The van der Waals surface area contributed by atoms with E-state index in [1.807, 2.05) is 4.98 Å². The molecule has 4 nitrogen and oxygen atoms in total. The molecule has 0 bridgehead atoms. The highest BCUT2D eigenvalue weighted by molar-refractivity contribution is 14.1. The van der Waals surface area contributed by atoms with Gasteiger partial charge in [-0.2, -0.15) is 0 Å². The Hall–Kier alpha value is -0.990. The monoisotopic (exact) mass is 329 g/mol. The van der Waals surface area contributed by atoms with Gasteiger partial charge in [-0.15, -0.1) is 0 Å². The van der Waals surface area contributed by atoms with Crippen LogP contribution in [0.1, 0.15) is 22.5 Å². The maximum atomic E-state index is 12.4. The molecule has 1 aromatic rings. The van der Waals surface area contributed by atoms with Crippen LogP contribution in [-0.2, 0) is 4.74 Å². The summed E-state index contributed by atoms with van der Waals surface area (Å²) in [5.74, 6) is -0.813. The van der Waals surface area contributed by atoms with Gasteiger partial charge < -0.3 is 9.72 Å². The fraction of sp³-hybridized carbons (Fsp3) is 0.250. The Labute approximate surface area is 96.8 Å². The van der Waals surface area contributed by atoms with Gasteiger partial charge in [0.2, 0.25) is 5.56 Å². The number of carbonyl (C=O) groups excluding carboxylic acids is 1. The summed E-state index contributed by atoms with van der Waals surface area (Å²) in [6, 6.07) is 0.930. The highest BCUT2D eigenvalue weighted by Crippen LogP contribution is 2.23. The van der Waals surface area contributed by atoms with Crippen molar-refractivity contribution in [2.75, 3.05) is 7.11 Å². The molecule has 0 aromatic carbocycles. The number of carbonyl (C=O) groups is 1. The standard InChI is InChI=1S/C8H6F2INO3/c1-15-8(14)3-2-4(13)12-6(5(3)11)7(9)10/h2,7H,1H3,(H,12,13). The van der Waals surface area contributed by atoms with Crippen molar-refractivity contribution < 1.29 is 18.3 Å². The Bertz CT molecular complexity index is 444. The fourth-order valence-electron chi connectivity index (χ4n) is 0.972. The summed E-state index contributed by atoms with van der Waals surface area (Å²) in [6.07, 6.45) is -2.84. The Kier molecular flexibility index (Phi) is 3.77. The van der Waals surface area contributed by atoms with Gasteiger partial charge in [-0.3, -0.25) is 4.79 Å². The van der Waals surface area contributed by atoms with E-state index >= 15 is 0 Å². The van der Waals surface area contributed by atoms with Crippen molar-refractivity contribution >= 4 is 28.6 Å². The molecule has 1 rings (SSSR count). The van der Waals surface area contributed by atoms with E-state index in [9.17, 15) is 18.4 Å². The average Bonchev–Trinajstić information content (AvgIpc) is 2.19. The lowest BCUT2D eigenvalue weighted by molar-refractivity contribution is 0.0598. The lowest BCUT2D eigenvalue weighted by Gasteiger charge is -2.06. The number of aromatic amines is 1. The van der Waals surface area contributed by atoms with Gasteiger partial charge in [0.1, 0.15) is 0 Å². The highest BCUT2D eigenvalue weighted by atomic mass is 127. The van der Waals surface area contributed by atoms with E-state index in [1.165, 1.54) is 0 Å². The van der Waals surface area contributed by atoms with Gasteiger partial charge in [0.15, 0.2) is 0 Å². The Balaban J connectivity index is 3.41. The van der Waals surface area contributed by atoms with Gasteiger partial charge in [-0.05, 0) is 22.6 Å². The number of esters is 1. The van der Waals surface area contributed by atoms with E-state index in [0.717, 1.165) is 13.2 Å². The maximum absolute atomic E-state index is 12.4. The third kappa shape index (κ3) is 2.52. The number of rotatable bonds is 2. The van der Waals surface area contributed by atoms with Crippen molar-refractivity contribution in [1.82, 2.24) is 4.98 Å². The van der Waals surface area contributed by atoms with Crippen LogP contribution in [0.25, 0.3) is 0 Å². The van der Waals surface area contributed by atoms with Crippen LogP contribution in [0.4, 0.5) is 8.78 Å². The van der Waals surface area contributed by atoms with E-state index in [4.69, 9.17) is 0 Å². The molecule has 0 saturated carbocycles. The third-order valence-corrected chi connectivity index (χ3v) is 2.79. The van der Waals surface area contributed by atoms with E-state index in [0.29, 0.717) is 0 Å². The average molecular weight is 329 g/mol. The van der Waals surface area contributed by atoms with Gasteiger partial charge in [-0.25, -0.2) is 13.6 Å². The number of nitrogens with one attached hydrogen (secondary N) is 1. The summed E-state index contributed by atoms with van der Waals surface area (Å²) in [5, 5.41) is 0. The van der Waals surface area contributed by atoms with Crippen LogP contribution in [0.15, 0.2) is 10.9 Å². The van der Waals surface area contributed by atoms with Crippen molar-refractivity contribution in [3.63, 3.8) is 0 Å². The first-order chi connectivity index (χ1) is 6.97. The summed E-state index contributed by atoms with van der Waals surface area (Å²) in [5.41, 5.74) is -1.48. The highest BCUT2D eigenvalue weighted by Gasteiger charge is 2.20. The van der Waals surface area contributed by atoms with Crippen molar-refractivity contribution in [2.24, 2.45) is 0 Å². The van der Waals surface area contributed by atoms with Gasteiger partial charge in [0.25, 0.3) is 6.43 Å². The van der Waals surface area contributed by atoms with Crippen molar-refractivity contribution in [3.05, 3.63) is 31.2 Å². The molecule has 1 N–H and O–H groups in total. The lowest BCUT2D eigenvalue weighted by atomic mass is 10.2. The number of hydrogen-bond acceptors (Lipinski definition) is 3. The molecule has 0 radical (unpaired) electrons. The second kappa shape index (κ2) is 4.69. The maximum Gasteiger partial charge on any atom is 0.339 e. The van der Waals surface area contributed by atoms with Crippen LogP contribution in [0, 0.1) is 3.57 Å². The number of halogens is 3. The molecule has 0 aliphatic heterocycles. The second-order valence-corrected chi connectivity index (χ2v) is 3.65. The van der Waals surface area contributed by atoms with Crippen LogP contribution in [0.5, 0.6) is 0 Å². The minimum Gasteiger partial charge on any atom is -0.465 e. The van der Waals surface area contributed by atoms with Gasteiger partial charge in [0, 0.05) is 6.07 Å². The Morgan fingerprint density at radius 3 is 2.67 bits per heavy atom. The van der Waals surface area contributed by atoms with Crippen molar-refractivity contribution in [1.29, 1.82) is 0 Å². The first-order valence-corrected chi connectivity index (χ1v) is 4.84. The molecule has 1 heterocycles. The first kappa shape index (κ1) is 12.1. The summed E-state index contributed by atoms with van der Waals surface area (Å²) in [4.78, 5) is 24.1. The van der Waals surface area contributed by atoms with Gasteiger partial charge >= 0.3 is 5.97 Å². The predicted molar refractivity (Wildman–Crippen MR) is 56.1 cm³/mol. The molecule has 7 heteroatoms. The number of ether oxygens (including phenoxy) is 1. The molecule has 15 heavy (non-hydrogen) atoms. The number of methoxy groups -OCH3 is 1. The molecular formula is C8H6F2INO3.